The summed E-state index contributed by atoms with van der Waals surface area (Å²) < 4.78 is 32.4. The second-order valence-corrected chi connectivity index (χ2v) is 8.01. The van der Waals surface area contributed by atoms with Crippen LogP contribution in [0.3, 0.4) is 0 Å². The van der Waals surface area contributed by atoms with Crippen LogP contribution in [0.4, 0.5) is 8.78 Å². The Morgan fingerprint density at radius 1 is 1.06 bits per heavy atom. The summed E-state index contributed by atoms with van der Waals surface area (Å²) in [6, 6.07) is 11.6. The van der Waals surface area contributed by atoms with Gasteiger partial charge in [-0.1, -0.05) is 12.1 Å². The topological polar surface area (TPSA) is 61.4 Å². The number of nitrogens with one attached hydrogen (secondary N) is 3. The Bertz CT molecular complexity index is 1050. The van der Waals surface area contributed by atoms with E-state index in [2.05, 4.69) is 20.6 Å². The van der Waals surface area contributed by atoms with E-state index < -0.39 is 0 Å². The van der Waals surface area contributed by atoms with E-state index in [1.807, 2.05) is 18.3 Å². The number of aromatic amines is 1. The first-order valence-electron chi connectivity index (χ1n) is 10.6. The monoisotopic (exact) mass is 554 g/mol. The van der Waals surface area contributed by atoms with Crippen LogP contribution in [-0.4, -0.2) is 44.3 Å². The molecule has 1 saturated heterocycles. The molecule has 3 N–H and O–H groups in total. The zero-order valence-electron chi connectivity index (χ0n) is 18.1. The van der Waals surface area contributed by atoms with Crippen LogP contribution >= 0.6 is 24.0 Å². The minimum absolute atomic E-state index is 0. The van der Waals surface area contributed by atoms with Crippen molar-refractivity contribution in [2.75, 3.05) is 33.4 Å². The van der Waals surface area contributed by atoms with E-state index in [9.17, 15) is 8.78 Å². The second-order valence-electron chi connectivity index (χ2n) is 8.01. The number of aliphatic imine (C=N–C) groups is 1. The van der Waals surface area contributed by atoms with Crippen LogP contribution in [0.5, 0.6) is 0 Å². The minimum Gasteiger partial charge on any atom is -0.381 e. The molecule has 1 aliphatic heterocycles. The number of benzene rings is 2. The highest BCUT2D eigenvalue weighted by molar-refractivity contribution is 14.0. The maximum absolute atomic E-state index is 13.4. The average Bonchev–Trinajstić information content (AvgIpc) is 3.19. The second kappa shape index (κ2) is 11.1. The molecule has 1 fully saturated rings. The number of H-pyrrole nitrogens is 1. The summed E-state index contributed by atoms with van der Waals surface area (Å²) in [5, 5.41) is 7.84. The molecule has 32 heavy (non-hydrogen) atoms. The Morgan fingerprint density at radius 3 is 2.50 bits per heavy atom. The molecule has 3 aromatic rings. The highest BCUT2D eigenvalue weighted by Crippen LogP contribution is 2.34. The molecule has 0 bridgehead atoms. The number of halogens is 3. The molecule has 0 amide bonds. The summed E-state index contributed by atoms with van der Waals surface area (Å²) in [4.78, 5) is 7.47. The molecule has 172 valence electrons. The van der Waals surface area contributed by atoms with Gasteiger partial charge in [0.1, 0.15) is 11.6 Å². The van der Waals surface area contributed by atoms with Gasteiger partial charge in [0, 0.05) is 55.9 Å². The van der Waals surface area contributed by atoms with Gasteiger partial charge in [-0.25, -0.2) is 8.78 Å². The number of ether oxygens (including phenoxy) is 1. The zero-order chi connectivity index (χ0) is 21.7. The van der Waals surface area contributed by atoms with E-state index >= 15 is 0 Å². The Kier molecular flexibility index (Phi) is 8.47. The van der Waals surface area contributed by atoms with Crippen LogP contribution in [0.25, 0.3) is 10.9 Å². The predicted octanol–water partition coefficient (Wildman–Crippen LogP) is 4.52. The molecule has 8 heteroatoms. The quantitative estimate of drug-likeness (QED) is 0.239. The summed E-state index contributed by atoms with van der Waals surface area (Å²) in [5.41, 5.74) is 2.93. The summed E-state index contributed by atoms with van der Waals surface area (Å²) in [6.45, 7) is 2.75. The molecule has 2 heterocycles. The van der Waals surface area contributed by atoms with Crippen LogP contribution in [0, 0.1) is 11.6 Å². The van der Waals surface area contributed by atoms with Gasteiger partial charge < -0.3 is 20.4 Å². The molecule has 0 radical (unpaired) electrons. The summed E-state index contributed by atoms with van der Waals surface area (Å²) in [7, 11) is 1.75. The lowest BCUT2D eigenvalue weighted by atomic mass is 9.74. The van der Waals surface area contributed by atoms with Gasteiger partial charge in [-0.15, -0.1) is 24.0 Å². The first-order valence-corrected chi connectivity index (χ1v) is 10.6. The lowest BCUT2D eigenvalue weighted by Gasteiger charge is -2.38. The first-order chi connectivity index (χ1) is 15.1. The lowest BCUT2D eigenvalue weighted by Crippen LogP contribution is -2.48. The minimum atomic E-state index is -0.244. The fraction of sp³-hybridized carbons (Fsp3) is 0.375. The van der Waals surface area contributed by atoms with Crippen LogP contribution in [0.2, 0.25) is 0 Å². The van der Waals surface area contributed by atoms with Gasteiger partial charge >= 0.3 is 0 Å². The van der Waals surface area contributed by atoms with Gasteiger partial charge in [-0.3, -0.25) is 4.99 Å². The van der Waals surface area contributed by atoms with E-state index in [4.69, 9.17) is 4.74 Å². The number of nitrogens with zero attached hydrogens (tertiary/aromatic N) is 1. The lowest BCUT2D eigenvalue weighted by molar-refractivity contribution is 0.0513. The molecule has 1 aromatic heterocycles. The fourth-order valence-corrected chi connectivity index (χ4v) is 4.29. The van der Waals surface area contributed by atoms with Crippen LogP contribution in [0.1, 0.15) is 24.0 Å². The largest absolute Gasteiger partial charge is 0.381 e. The summed E-state index contributed by atoms with van der Waals surface area (Å²) in [5.74, 6) is 0.252. The first kappa shape index (κ1) is 24.4. The molecule has 2 aromatic carbocycles. The van der Waals surface area contributed by atoms with E-state index in [0.717, 1.165) is 47.3 Å². The van der Waals surface area contributed by atoms with Crippen molar-refractivity contribution in [1.82, 2.24) is 15.6 Å². The van der Waals surface area contributed by atoms with Crippen molar-refractivity contribution in [3.05, 3.63) is 71.4 Å². The number of guanidine groups is 1. The highest BCUT2D eigenvalue weighted by Gasteiger charge is 2.34. The third-order valence-corrected chi connectivity index (χ3v) is 6.14. The number of fused-ring (bicyclic) bond motifs is 1. The fourth-order valence-electron chi connectivity index (χ4n) is 4.29. The maximum Gasteiger partial charge on any atom is 0.191 e. The Labute approximate surface area is 204 Å². The van der Waals surface area contributed by atoms with Crippen LogP contribution < -0.4 is 10.6 Å². The van der Waals surface area contributed by atoms with Crippen molar-refractivity contribution in [2.24, 2.45) is 4.99 Å². The molecule has 4 rings (SSSR count). The van der Waals surface area contributed by atoms with Crippen LogP contribution in [0.15, 0.2) is 53.7 Å². The van der Waals surface area contributed by atoms with Gasteiger partial charge in [-0.2, -0.15) is 0 Å². The Hall–Kier alpha value is -2.20. The van der Waals surface area contributed by atoms with Gasteiger partial charge in [0.25, 0.3) is 0 Å². The Morgan fingerprint density at radius 2 is 1.78 bits per heavy atom. The predicted molar refractivity (Wildman–Crippen MR) is 135 cm³/mol. The van der Waals surface area contributed by atoms with Crippen molar-refractivity contribution in [1.29, 1.82) is 0 Å². The average molecular weight is 554 g/mol. The van der Waals surface area contributed by atoms with Gasteiger partial charge in [-0.05, 0) is 60.7 Å². The molecular weight excluding hydrogens is 525 g/mol. The molecule has 0 atom stereocenters. The normalized spacial score (nSPS) is 15.9. The summed E-state index contributed by atoms with van der Waals surface area (Å²) in [6.07, 6.45) is 4.44. The van der Waals surface area contributed by atoms with E-state index in [1.54, 1.807) is 13.1 Å². The molecular formula is C24H29F2IN4O. The molecule has 5 nitrogen and oxygen atoms in total. The molecule has 0 aliphatic carbocycles. The maximum atomic E-state index is 13.4. The third-order valence-electron chi connectivity index (χ3n) is 6.14. The third kappa shape index (κ3) is 5.58. The smallest absolute Gasteiger partial charge is 0.191 e. The van der Waals surface area contributed by atoms with Crippen LogP contribution in [-0.2, 0) is 16.6 Å². The number of rotatable bonds is 6. The number of hydrogen-bond donors (Lipinski definition) is 3. The highest BCUT2D eigenvalue weighted by atomic mass is 127. The SMILES string of the molecule is CN=C(NCCc1c[nH]c2cc(F)ccc12)NCC1(c2ccc(F)cc2)CCOCC1.I. The van der Waals surface area contributed by atoms with E-state index in [0.29, 0.717) is 26.3 Å². The molecule has 0 unspecified atom stereocenters. The van der Waals surface area contributed by atoms with Crippen molar-refractivity contribution in [3.63, 3.8) is 0 Å². The van der Waals surface area contributed by atoms with Crippen molar-refractivity contribution in [2.45, 2.75) is 24.7 Å². The zero-order valence-corrected chi connectivity index (χ0v) is 20.4. The van der Waals surface area contributed by atoms with Crippen molar-refractivity contribution < 1.29 is 13.5 Å². The Balaban J connectivity index is 0.00000289. The molecule has 0 spiro atoms. The van der Waals surface area contributed by atoms with Gasteiger partial charge in [0.2, 0.25) is 0 Å². The van der Waals surface area contributed by atoms with Crippen molar-refractivity contribution >= 4 is 40.8 Å². The van der Waals surface area contributed by atoms with E-state index in [-0.39, 0.29) is 41.0 Å². The molecule has 1 aliphatic rings. The number of aromatic nitrogens is 1. The van der Waals surface area contributed by atoms with Crippen molar-refractivity contribution in [3.8, 4) is 0 Å². The van der Waals surface area contributed by atoms with E-state index in [1.165, 1.54) is 24.3 Å². The summed E-state index contributed by atoms with van der Waals surface area (Å²) >= 11 is 0. The number of hydrogen-bond acceptors (Lipinski definition) is 2. The van der Waals surface area contributed by atoms with Gasteiger partial charge in [0.05, 0.1) is 0 Å². The standard InChI is InChI=1S/C24H28F2N4O.HI/c1-27-23(28-11-8-17-15-29-22-14-20(26)6-7-21(17)22)30-16-24(9-12-31-13-10-24)18-2-4-19(25)5-3-18;/h2-7,14-15,29H,8-13,16H2,1H3,(H2,27,28,30);1H. The molecule has 0 saturated carbocycles. The van der Waals surface area contributed by atoms with Gasteiger partial charge in [0.15, 0.2) is 5.96 Å².